The molecule has 0 aliphatic rings. The fourth-order valence-electron chi connectivity index (χ4n) is 1.48. The van der Waals surface area contributed by atoms with E-state index in [1.54, 1.807) is 18.3 Å². The van der Waals surface area contributed by atoms with Crippen LogP contribution in [0.5, 0.6) is 0 Å². The lowest BCUT2D eigenvalue weighted by Gasteiger charge is -2.07. The molecule has 0 aliphatic carbocycles. The first-order chi connectivity index (χ1) is 7.65. The first kappa shape index (κ1) is 11.2. The Morgan fingerprint density at radius 1 is 1.38 bits per heavy atom. The van der Waals surface area contributed by atoms with E-state index >= 15 is 0 Å². The van der Waals surface area contributed by atoms with Gasteiger partial charge in [-0.25, -0.2) is 9.37 Å². The number of aromatic nitrogens is 1. The summed E-state index contributed by atoms with van der Waals surface area (Å²) in [5.74, 6) is -0.258. The number of halogens is 1. The number of hydrogen-bond donors (Lipinski definition) is 1. The van der Waals surface area contributed by atoms with Crippen molar-refractivity contribution in [3.63, 3.8) is 0 Å². The Labute approximate surface area is 97.4 Å². The van der Waals surface area contributed by atoms with Gasteiger partial charge < -0.3 is 5.11 Å². The molecule has 0 fully saturated rings. The molecule has 2 aromatic rings. The van der Waals surface area contributed by atoms with Gasteiger partial charge in [0.15, 0.2) is 0 Å². The minimum absolute atomic E-state index is 0.258. The van der Waals surface area contributed by atoms with E-state index < -0.39 is 6.10 Å². The van der Waals surface area contributed by atoms with Crippen LogP contribution in [0.2, 0.25) is 0 Å². The lowest BCUT2D eigenvalue weighted by atomic mass is 10.1. The molecule has 1 atom stereocenters. The van der Waals surface area contributed by atoms with Gasteiger partial charge in [-0.3, -0.25) is 0 Å². The zero-order chi connectivity index (χ0) is 11.5. The quantitative estimate of drug-likeness (QED) is 0.890. The molecular weight excluding hydrogens is 225 g/mol. The van der Waals surface area contributed by atoms with E-state index in [1.807, 2.05) is 6.92 Å². The predicted molar refractivity (Wildman–Crippen MR) is 61.9 cm³/mol. The molecule has 1 N–H and O–H groups in total. The van der Waals surface area contributed by atoms with Crippen LogP contribution in [-0.4, -0.2) is 10.1 Å². The highest BCUT2D eigenvalue weighted by Crippen LogP contribution is 2.23. The van der Waals surface area contributed by atoms with Crippen LogP contribution in [0.1, 0.15) is 21.6 Å². The van der Waals surface area contributed by atoms with Crippen LogP contribution in [0.15, 0.2) is 30.5 Å². The van der Waals surface area contributed by atoms with Crippen molar-refractivity contribution in [2.45, 2.75) is 19.4 Å². The predicted octanol–water partition coefficient (Wildman–Crippen LogP) is 2.87. The normalized spacial score (nSPS) is 12.7. The zero-order valence-corrected chi connectivity index (χ0v) is 9.67. The van der Waals surface area contributed by atoms with Gasteiger partial charge in [0.05, 0.1) is 16.0 Å². The number of nitrogens with zero attached hydrogens (tertiary/aromatic N) is 1. The van der Waals surface area contributed by atoms with Gasteiger partial charge in [0.1, 0.15) is 5.82 Å². The molecule has 0 bridgehead atoms. The van der Waals surface area contributed by atoms with E-state index in [-0.39, 0.29) is 5.82 Å². The lowest BCUT2D eigenvalue weighted by Crippen LogP contribution is -1.99. The molecule has 1 unspecified atom stereocenters. The second-order valence-corrected chi connectivity index (χ2v) is 4.89. The van der Waals surface area contributed by atoms with Crippen LogP contribution in [0.25, 0.3) is 0 Å². The maximum absolute atomic E-state index is 12.7. The maximum Gasteiger partial charge on any atom is 0.123 e. The Morgan fingerprint density at radius 2 is 2.06 bits per heavy atom. The Balaban J connectivity index is 2.07. The third-order valence-electron chi connectivity index (χ3n) is 2.31. The summed E-state index contributed by atoms with van der Waals surface area (Å²) < 4.78 is 12.7. The molecule has 1 aromatic carbocycles. The first-order valence-corrected chi connectivity index (χ1v) is 5.81. The summed E-state index contributed by atoms with van der Waals surface area (Å²) in [6, 6.07) is 6.18. The van der Waals surface area contributed by atoms with E-state index in [4.69, 9.17) is 0 Å². The van der Waals surface area contributed by atoms with Crippen molar-refractivity contribution in [1.82, 2.24) is 4.98 Å². The minimum Gasteiger partial charge on any atom is -0.387 e. The van der Waals surface area contributed by atoms with Crippen molar-refractivity contribution < 1.29 is 9.50 Å². The number of rotatable bonds is 3. The number of thiazole rings is 1. The van der Waals surface area contributed by atoms with Crippen molar-refractivity contribution >= 4 is 11.3 Å². The highest BCUT2D eigenvalue weighted by Gasteiger charge is 2.11. The molecule has 0 saturated carbocycles. The molecule has 0 amide bonds. The minimum atomic E-state index is -0.559. The molecule has 4 heteroatoms. The van der Waals surface area contributed by atoms with Gasteiger partial charge in [-0.1, -0.05) is 12.1 Å². The fraction of sp³-hybridized carbons (Fsp3) is 0.250. The lowest BCUT2D eigenvalue weighted by molar-refractivity contribution is 0.182. The van der Waals surface area contributed by atoms with E-state index in [0.717, 1.165) is 15.4 Å². The van der Waals surface area contributed by atoms with Crippen molar-refractivity contribution in [3.05, 3.63) is 51.7 Å². The van der Waals surface area contributed by atoms with E-state index in [1.165, 1.54) is 23.5 Å². The number of benzene rings is 1. The SMILES string of the molecule is Cc1ncc(C(O)Cc2ccc(F)cc2)s1. The Morgan fingerprint density at radius 3 is 2.62 bits per heavy atom. The van der Waals surface area contributed by atoms with E-state index in [9.17, 15) is 9.50 Å². The third kappa shape index (κ3) is 2.65. The zero-order valence-electron chi connectivity index (χ0n) is 8.85. The summed E-state index contributed by atoms with van der Waals surface area (Å²) in [6.45, 7) is 1.90. The van der Waals surface area contributed by atoms with Crippen LogP contribution in [0.3, 0.4) is 0 Å². The molecule has 0 radical (unpaired) electrons. The summed E-state index contributed by atoms with van der Waals surface area (Å²) in [5.41, 5.74) is 0.917. The smallest absolute Gasteiger partial charge is 0.123 e. The summed E-state index contributed by atoms with van der Waals surface area (Å²) in [7, 11) is 0. The molecule has 0 saturated heterocycles. The summed E-state index contributed by atoms with van der Waals surface area (Å²) in [4.78, 5) is 4.94. The van der Waals surface area contributed by atoms with Crippen molar-refractivity contribution in [2.75, 3.05) is 0 Å². The highest BCUT2D eigenvalue weighted by molar-refractivity contribution is 7.11. The second-order valence-electron chi connectivity index (χ2n) is 3.63. The Bertz CT molecular complexity index is 466. The fourth-order valence-corrected chi connectivity index (χ4v) is 2.25. The molecule has 0 spiro atoms. The van der Waals surface area contributed by atoms with Crippen LogP contribution >= 0.6 is 11.3 Å². The summed E-state index contributed by atoms with van der Waals surface area (Å²) >= 11 is 1.48. The molecular formula is C12H12FNOS. The average molecular weight is 237 g/mol. The first-order valence-electron chi connectivity index (χ1n) is 5.00. The van der Waals surface area contributed by atoms with Crippen LogP contribution < -0.4 is 0 Å². The molecule has 1 aromatic heterocycles. The van der Waals surface area contributed by atoms with Gasteiger partial charge in [-0.15, -0.1) is 11.3 Å². The Kier molecular flexibility index (Phi) is 3.31. The number of hydrogen-bond acceptors (Lipinski definition) is 3. The van der Waals surface area contributed by atoms with Crippen molar-refractivity contribution in [2.24, 2.45) is 0 Å². The highest BCUT2D eigenvalue weighted by atomic mass is 32.1. The van der Waals surface area contributed by atoms with E-state index in [0.29, 0.717) is 6.42 Å². The molecule has 16 heavy (non-hydrogen) atoms. The van der Waals surface area contributed by atoms with Gasteiger partial charge in [-0.2, -0.15) is 0 Å². The third-order valence-corrected chi connectivity index (χ3v) is 3.32. The summed E-state index contributed by atoms with van der Waals surface area (Å²) in [5, 5.41) is 10.9. The number of aryl methyl sites for hydroxylation is 1. The topological polar surface area (TPSA) is 33.1 Å². The van der Waals surface area contributed by atoms with Crippen LogP contribution in [0, 0.1) is 12.7 Å². The standard InChI is InChI=1S/C12H12FNOS/c1-8-14-7-12(16-8)11(15)6-9-2-4-10(13)5-3-9/h2-5,7,11,15H,6H2,1H3. The molecule has 2 rings (SSSR count). The van der Waals surface area contributed by atoms with Gasteiger partial charge in [0.2, 0.25) is 0 Å². The number of aliphatic hydroxyl groups excluding tert-OH is 1. The molecule has 0 aliphatic heterocycles. The van der Waals surface area contributed by atoms with Crippen LogP contribution in [0.4, 0.5) is 4.39 Å². The Hall–Kier alpha value is -1.26. The van der Waals surface area contributed by atoms with E-state index in [2.05, 4.69) is 4.98 Å². The van der Waals surface area contributed by atoms with Gasteiger partial charge in [0.25, 0.3) is 0 Å². The van der Waals surface area contributed by atoms with Crippen LogP contribution in [-0.2, 0) is 6.42 Å². The second kappa shape index (κ2) is 4.72. The maximum atomic E-state index is 12.7. The van der Waals surface area contributed by atoms with Crippen molar-refractivity contribution in [1.29, 1.82) is 0 Å². The van der Waals surface area contributed by atoms with Crippen molar-refractivity contribution in [3.8, 4) is 0 Å². The van der Waals surface area contributed by atoms with Gasteiger partial charge in [0, 0.05) is 12.6 Å². The average Bonchev–Trinajstić information content (AvgIpc) is 2.68. The molecule has 2 nitrogen and oxygen atoms in total. The number of aliphatic hydroxyl groups is 1. The monoisotopic (exact) mass is 237 g/mol. The summed E-state index contributed by atoms with van der Waals surface area (Å²) in [6.07, 6.45) is 1.62. The molecule has 84 valence electrons. The van der Waals surface area contributed by atoms with Gasteiger partial charge in [-0.05, 0) is 24.6 Å². The molecule has 1 heterocycles. The largest absolute Gasteiger partial charge is 0.387 e. The van der Waals surface area contributed by atoms with Gasteiger partial charge >= 0.3 is 0 Å².